The van der Waals surface area contributed by atoms with Gasteiger partial charge in [0.15, 0.2) is 10.8 Å². The number of nitrogens with zero attached hydrogens (tertiary/aromatic N) is 4. The standard InChI is InChI=1S/C15H16Cl2N4O3S/c1-24-14(23)9-2-4-20(5-3-9)12(22)8-25-15-19-18-13-11(17)6-10(16)7-21(13)15/h6-7,9H,2-5,8H2,1H3. The topological polar surface area (TPSA) is 76.8 Å². The van der Waals surface area contributed by atoms with Crippen molar-refractivity contribution in [3.63, 3.8) is 0 Å². The van der Waals surface area contributed by atoms with Crippen LogP contribution in [0.15, 0.2) is 17.4 Å². The summed E-state index contributed by atoms with van der Waals surface area (Å²) in [5.41, 5.74) is 0.500. The Labute approximate surface area is 158 Å². The highest BCUT2D eigenvalue weighted by atomic mass is 35.5. The number of thioether (sulfide) groups is 1. The third kappa shape index (κ3) is 4.02. The number of hydrogen-bond donors (Lipinski definition) is 0. The van der Waals surface area contributed by atoms with Gasteiger partial charge in [0.05, 0.1) is 28.8 Å². The maximum atomic E-state index is 12.4. The first-order valence-electron chi connectivity index (χ1n) is 7.67. The predicted molar refractivity (Wildman–Crippen MR) is 95.1 cm³/mol. The molecular weight excluding hydrogens is 387 g/mol. The Morgan fingerprint density at radius 3 is 2.72 bits per heavy atom. The van der Waals surface area contributed by atoms with Crippen molar-refractivity contribution in [1.82, 2.24) is 19.5 Å². The maximum Gasteiger partial charge on any atom is 0.308 e. The van der Waals surface area contributed by atoms with Crippen LogP contribution in [0, 0.1) is 5.92 Å². The Bertz CT molecular complexity index is 805. The molecule has 134 valence electrons. The van der Waals surface area contributed by atoms with Crippen LogP contribution in [0.2, 0.25) is 10.0 Å². The molecule has 0 aromatic carbocycles. The molecule has 0 aliphatic carbocycles. The lowest BCUT2D eigenvalue weighted by molar-refractivity contribution is -0.148. The first-order chi connectivity index (χ1) is 12.0. The van der Waals surface area contributed by atoms with Gasteiger partial charge in [0.1, 0.15) is 0 Å². The Hall–Kier alpha value is -1.51. The molecule has 2 aromatic heterocycles. The number of fused-ring (bicyclic) bond motifs is 1. The van der Waals surface area contributed by atoms with E-state index >= 15 is 0 Å². The molecule has 10 heteroatoms. The maximum absolute atomic E-state index is 12.4. The minimum Gasteiger partial charge on any atom is -0.469 e. The second-order valence-electron chi connectivity index (χ2n) is 5.65. The Balaban J connectivity index is 1.59. The van der Waals surface area contributed by atoms with Crippen molar-refractivity contribution < 1.29 is 14.3 Å². The first-order valence-corrected chi connectivity index (χ1v) is 9.42. The van der Waals surface area contributed by atoms with Crippen molar-refractivity contribution >= 4 is 52.5 Å². The van der Waals surface area contributed by atoms with Crippen LogP contribution < -0.4 is 0 Å². The summed E-state index contributed by atoms with van der Waals surface area (Å²) in [5, 5.41) is 9.50. The number of halogens is 2. The largest absolute Gasteiger partial charge is 0.469 e. The van der Waals surface area contributed by atoms with Gasteiger partial charge in [0.25, 0.3) is 0 Å². The van der Waals surface area contributed by atoms with Crippen LogP contribution in [0.4, 0.5) is 0 Å². The lowest BCUT2D eigenvalue weighted by Gasteiger charge is -2.30. The summed E-state index contributed by atoms with van der Waals surface area (Å²) in [6.45, 7) is 1.11. The average Bonchev–Trinajstić information content (AvgIpc) is 3.02. The van der Waals surface area contributed by atoms with Crippen LogP contribution in [0.1, 0.15) is 12.8 Å². The smallest absolute Gasteiger partial charge is 0.308 e. The molecule has 0 N–H and O–H groups in total. The van der Waals surface area contributed by atoms with Gasteiger partial charge in [-0.25, -0.2) is 0 Å². The molecule has 1 saturated heterocycles. The van der Waals surface area contributed by atoms with Crippen LogP contribution in [0.3, 0.4) is 0 Å². The number of hydrogen-bond acceptors (Lipinski definition) is 6. The van der Waals surface area contributed by atoms with E-state index in [1.165, 1.54) is 18.9 Å². The monoisotopic (exact) mass is 402 g/mol. The molecule has 0 saturated carbocycles. The number of carbonyl (C=O) groups excluding carboxylic acids is 2. The van der Waals surface area contributed by atoms with Crippen molar-refractivity contribution in [1.29, 1.82) is 0 Å². The van der Waals surface area contributed by atoms with Gasteiger partial charge < -0.3 is 9.64 Å². The van der Waals surface area contributed by atoms with Gasteiger partial charge in [-0.15, -0.1) is 10.2 Å². The number of methoxy groups -OCH3 is 1. The molecule has 7 nitrogen and oxygen atoms in total. The fourth-order valence-corrected chi connectivity index (χ4v) is 4.07. The molecule has 3 rings (SSSR count). The summed E-state index contributed by atoms with van der Waals surface area (Å²) < 4.78 is 6.43. The summed E-state index contributed by atoms with van der Waals surface area (Å²) in [6.07, 6.45) is 2.92. The zero-order chi connectivity index (χ0) is 18.0. The van der Waals surface area contributed by atoms with E-state index in [0.29, 0.717) is 46.8 Å². The molecule has 0 radical (unpaired) electrons. The summed E-state index contributed by atoms with van der Waals surface area (Å²) in [6, 6.07) is 1.60. The average molecular weight is 403 g/mol. The molecule has 1 amide bonds. The van der Waals surface area contributed by atoms with Crippen LogP contribution in [0.5, 0.6) is 0 Å². The molecule has 0 unspecified atom stereocenters. The third-order valence-electron chi connectivity index (χ3n) is 4.10. The lowest BCUT2D eigenvalue weighted by Crippen LogP contribution is -2.41. The fourth-order valence-electron chi connectivity index (χ4n) is 2.75. The Kier molecular flexibility index (Phi) is 5.71. The zero-order valence-electron chi connectivity index (χ0n) is 13.4. The molecule has 1 aliphatic heterocycles. The molecule has 1 aliphatic rings. The summed E-state index contributed by atoms with van der Waals surface area (Å²) in [7, 11) is 1.39. The van der Waals surface area contributed by atoms with Gasteiger partial charge in [-0.1, -0.05) is 35.0 Å². The normalized spacial score (nSPS) is 15.6. The van der Waals surface area contributed by atoms with Crippen molar-refractivity contribution in [2.75, 3.05) is 26.0 Å². The van der Waals surface area contributed by atoms with Crippen LogP contribution in [0.25, 0.3) is 5.65 Å². The Morgan fingerprint density at radius 1 is 1.32 bits per heavy atom. The van der Waals surface area contributed by atoms with Gasteiger partial charge in [-0.05, 0) is 18.9 Å². The van der Waals surface area contributed by atoms with E-state index in [9.17, 15) is 9.59 Å². The number of piperidine rings is 1. The van der Waals surface area contributed by atoms with Crippen molar-refractivity contribution in [3.8, 4) is 0 Å². The van der Waals surface area contributed by atoms with E-state index in [1.807, 2.05) is 0 Å². The van der Waals surface area contributed by atoms with Gasteiger partial charge in [0, 0.05) is 19.3 Å². The molecule has 0 bridgehead atoms. The van der Waals surface area contributed by atoms with Gasteiger partial charge >= 0.3 is 5.97 Å². The number of rotatable bonds is 4. The third-order valence-corrected chi connectivity index (χ3v) is 5.51. The summed E-state index contributed by atoms with van der Waals surface area (Å²) in [5.74, 6) is -0.0943. The molecule has 3 heterocycles. The number of likely N-dealkylation sites (tertiary alicyclic amines) is 1. The molecule has 25 heavy (non-hydrogen) atoms. The van der Waals surface area contributed by atoms with Crippen molar-refractivity contribution in [3.05, 3.63) is 22.3 Å². The second kappa shape index (κ2) is 7.80. The van der Waals surface area contributed by atoms with Gasteiger partial charge in [-0.2, -0.15) is 0 Å². The summed E-state index contributed by atoms with van der Waals surface area (Å²) >= 11 is 13.4. The molecule has 0 spiro atoms. The predicted octanol–water partition coefficient (Wildman–Crippen LogP) is 2.54. The molecule has 2 aromatic rings. The molecule has 1 fully saturated rings. The molecular formula is C15H16Cl2N4O3S. The second-order valence-corrected chi connectivity index (χ2v) is 7.44. The first kappa shape index (κ1) is 18.3. The number of esters is 1. The van der Waals surface area contributed by atoms with E-state index in [1.54, 1.807) is 21.6 Å². The van der Waals surface area contributed by atoms with Crippen LogP contribution in [-0.4, -0.2) is 57.3 Å². The quantitative estimate of drug-likeness (QED) is 0.577. The van der Waals surface area contributed by atoms with Crippen molar-refractivity contribution in [2.24, 2.45) is 5.92 Å². The minimum atomic E-state index is -0.204. The van der Waals surface area contributed by atoms with E-state index in [2.05, 4.69) is 10.2 Å². The van der Waals surface area contributed by atoms with E-state index in [0.717, 1.165) is 0 Å². The van der Waals surface area contributed by atoms with E-state index < -0.39 is 0 Å². The number of pyridine rings is 1. The highest BCUT2D eigenvalue weighted by molar-refractivity contribution is 7.99. The number of aromatic nitrogens is 3. The number of amides is 1. The SMILES string of the molecule is COC(=O)C1CCN(C(=O)CSc2nnc3c(Cl)cc(Cl)cn23)CC1. The van der Waals surface area contributed by atoms with Crippen LogP contribution >= 0.6 is 35.0 Å². The van der Waals surface area contributed by atoms with Gasteiger partial charge in [-0.3, -0.25) is 14.0 Å². The fraction of sp³-hybridized carbons (Fsp3) is 0.467. The van der Waals surface area contributed by atoms with E-state index in [4.69, 9.17) is 27.9 Å². The highest BCUT2D eigenvalue weighted by Crippen LogP contribution is 2.26. The number of ether oxygens (including phenoxy) is 1. The Morgan fingerprint density at radius 2 is 2.04 bits per heavy atom. The van der Waals surface area contributed by atoms with Crippen molar-refractivity contribution in [2.45, 2.75) is 18.0 Å². The molecule has 0 atom stereocenters. The zero-order valence-corrected chi connectivity index (χ0v) is 15.8. The van der Waals surface area contributed by atoms with Gasteiger partial charge in [0.2, 0.25) is 5.91 Å². The number of carbonyl (C=O) groups is 2. The highest BCUT2D eigenvalue weighted by Gasteiger charge is 2.28. The lowest BCUT2D eigenvalue weighted by atomic mass is 9.97. The summed E-state index contributed by atoms with van der Waals surface area (Å²) in [4.78, 5) is 25.7. The van der Waals surface area contributed by atoms with E-state index in [-0.39, 0.29) is 23.5 Å². The minimum absolute atomic E-state index is 0.00168. The van der Waals surface area contributed by atoms with Crippen LogP contribution in [-0.2, 0) is 14.3 Å².